The van der Waals surface area contributed by atoms with Crippen molar-refractivity contribution in [3.8, 4) is 0 Å². The molecule has 0 unspecified atom stereocenters. The molecule has 0 aromatic rings. The Balaban J connectivity index is 5.14. The maximum atomic E-state index is 12.1. The number of aliphatic carboxylic acids is 4. The molecular weight excluding hydrogens is 564 g/mol. The highest BCUT2D eigenvalue weighted by Crippen LogP contribution is 2.16. The quantitative estimate of drug-likeness (QED) is 0.0544. The Bertz CT molecular complexity index is 702. The van der Waals surface area contributed by atoms with Crippen molar-refractivity contribution in [2.24, 2.45) is 0 Å². The van der Waals surface area contributed by atoms with Crippen LogP contribution in [-0.4, -0.2) is 92.4 Å². The highest BCUT2D eigenvalue weighted by molar-refractivity contribution is 5.81. The minimum Gasteiger partial charge on any atom is -0.481 e. The number of carboxylic acid groups (broad SMARTS) is 4. The summed E-state index contributed by atoms with van der Waals surface area (Å²) in [5.74, 6) is -4.86. The predicted octanol–water partition coefficient (Wildman–Crippen LogP) is 7.29. The molecule has 0 aromatic heterocycles. The first-order valence-corrected chi connectivity index (χ1v) is 17.5. The molecule has 10 heteroatoms. The predicted molar refractivity (Wildman–Crippen MR) is 174 cm³/mol. The molecule has 44 heavy (non-hydrogen) atoms. The first-order valence-electron chi connectivity index (χ1n) is 17.5. The van der Waals surface area contributed by atoms with Gasteiger partial charge in [-0.25, -0.2) is 0 Å². The van der Waals surface area contributed by atoms with Crippen molar-refractivity contribution in [2.45, 2.75) is 167 Å². The first kappa shape index (κ1) is 41.8. The number of rotatable bonds is 33. The van der Waals surface area contributed by atoms with Crippen LogP contribution in [0.2, 0.25) is 0 Å². The zero-order valence-corrected chi connectivity index (χ0v) is 27.9. The van der Waals surface area contributed by atoms with Crippen molar-refractivity contribution >= 4 is 23.9 Å². The molecule has 0 spiro atoms. The monoisotopic (exact) mass is 628 g/mol. The second-order valence-corrected chi connectivity index (χ2v) is 12.3. The molecule has 4 N–H and O–H groups in total. The molecule has 0 fully saturated rings. The van der Waals surface area contributed by atoms with Gasteiger partial charge in [0.15, 0.2) is 0 Å². The van der Waals surface area contributed by atoms with E-state index in [1.54, 1.807) is 9.80 Å². The molecule has 10 nitrogen and oxygen atoms in total. The van der Waals surface area contributed by atoms with Crippen LogP contribution in [0.3, 0.4) is 0 Å². The van der Waals surface area contributed by atoms with E-state index in [0.717, 1.165) is 51.4 Å². The summed E-state index contributed by atoms with van der Waals surface area (Å²) >= 11 is 0. The first-order chi connectivity index (χ1) is 21.1. The van der Waals surface area contributed by atoms with Crippen molar-refractivity contribution in [3.05, 3.63) is 0 Å². The molecule has 2 atom stereocenters. The molecule has 0 aliphatic carbocycles. The lowest BCUT2D eigenvalue weighted by Crippen LogP contribution is -2.50. The second-order valence-electron chi connectivity index (χ2n) is 12.3. The van der Waals surface area contributed by atoms with Gasteiger partial charge >= 0.3 is 23.9 Å². The molecule has 0 rings (SSSR count). The van der Waals surface area contributed by atoms with Crippen molar-refractivity contribution in [3.63, 3.8) is 0 Å². The summed E-state index contributed by atoms with van der Waals surface area (Å²) in [5.41, 5.74) is 0. The minimum absolute atomic E-state index is 0.156. The number of hydrogen-bond acceptors (Lipinski definition) is 6. The van der Waals surface area contributed by atoms with E-state index >= 15 is 0 Å². The van der Waals surface area contributed by atoms with Crippen LogP contribution in [0, 0.1) is 0 Å². The Labute approximate surface area is 266 Å². The Morgan fingerprint density at radius 2 is 0.659 bits per heavy atom. The lowest BCUT2D eigenvalue weighted by molar-refractivity contribution is -0.151. The van der Waals surface area contributed by atoms with Gasteiger partial charge < -0.3 is 20.4 Å². The number of hydrogen-bond donors (Lipinski definition) is 4. The molecular formula is C34H64N2O8. The number of unbranched alkanes of at least 4 members (excludes halogenated alkanes) is 18. The molecule has 258 valence electrons. The van der Waals surface area contributed by atoms with E-state index in [1.165, 1.54) is 77.0 Å². The molecule has 0 heterocycles. The van der Waals surface area contributed by atoms with Crippen LogP contribution in [0.1, 0.15) is 155 Å². The molecule has 0 aromatic carbocycles. The third-order valence-corrected chi connectivity index (χ3v) is 8.46. The zero-order chi connectivity index (χ0) is 33.0. The van der Waals surface area contributed by atoms with Crippen LogP contribution in [0.5, 0.6) is 0 Å². The average Bonchev–Trinajstić information content (AvgIpc) is 2.96. The van der Waals surface area contributed by atoms with Crippen LogP contribution < -0.4 is 0 Å². The van der Waals surface area contributed by atoms with Gasteiger partial charge in [-0.05, 0) is 25.9 Å². The minimum atomic E-state index is -1.23. The summed E-state index contributed by atoms with van der Waals surface area (Å²) < 4.78 is 0. The largest absolute Gasteiger partial charge is 0.481 e. The maximum absolute atomic E-state index is 12.1. The topological polar surface area (TPSA) is 156 Å². The Morgan fingerprint density at radius 3 is 0.886 bits per heavy atom. The highest BCUT2D eigenvalue weighted by Gasteiger charge is 2.31. The normalized spacial score (nSPS) is 12.9. The lowest BCUT2D eigenvalue weighted by Gasteiger charge is -2.33. The van der Waals surface area contributed by atoms with Crippen LogP contribution in [0.4, 0.5) is 0 Å². The lowest BCUT2D eigenvalue weighted by atomic mass is 10.1. The third-order valence-electron chi connectivity index (χ3n) is 8.46. The van der Waals surface area contributed by atoms with Gasteiger partial charge in [0.05, 0.1) is 12.8 Å². The summed E-state index contributed by atoms with van der Waals surface area (Å²) in [5, 5.41) is 38.5. The highest BCUT2D eigenvalue weighted by atomic mass is 16.4. The Hall–Kier alpha value is -2.20. The molecule has 0 bridgehead atoms. The van der Waals surface area contributed by atoms with E-state index in [0.29, 0.717) is 13.1 Å². The SMILES string of the molecule is CCCCCCCCCCCCN(CCN(CCCCCCCCCCCC)[C@@H](CC(=O)O)C(=O)O)[C@@H](CC(=O)O)C(=O)O. The van der Waals surface area contributed by atoms with Gasteiger partial charge in [0.1, 0.15) is 12.1 Å². The van der Waals surface area contributed by atoms with Crippen molar-refractivity contribution in [2.75, 3.05) is 26.2 Å². The van der Waals surface area contributed by atoms with Crippen molar-refractivity contribution < 1.29 is 39.6 Å². The van der Waals surface area contributed by atoms with E-state index in [1.807, 2.05) is 0 Å². The fourth-order valence-corrected chi connectivity index (χ4v) is 5.78. The smallest absolute Gasteiger partial charge is 0.321 e. The zero-order valence-electron chi connectivity index (χ0n) is 27.9. The van der Waals surface area contributed by atoms with Crippen molar-refractivity contribution in [1.29, 1.82) is 0 Å². The van der Waals surface area contributed by atoms with Gasteiger partial charge in [0, 0.05) is 13.1 Å². The number of carboxylic acids is 4. The summed E-state index contributed by atoms with van der Waals surface area (Å²) in [6, 6.07) is -2.46. The van der Waals surface area contributed by atoms with Gasteiger partial charge in [-0.3, -0.25) is 29.0 Å². The Kier molecular flexibility index (Phi) is 26.9. The number of carbonyl (C=O) groups is 4. The maximum Gasteiger partial charge on any atom is 0.321 e. The van der Waals surface area contributed by atoms with E-state index in [2.05, 4.69) is 13.8 Å². The molecule has 0 saturated heterocycles. The van der Waals surface area contributed by atoms with Crippen molar-refractivity contribution in [1.82, 2.24) is 9.80 Å². The fraction of sp³-hybridized carbons (Fsp3) is 0.882. The van der Waals surface area contributed by atoms with Gasteiger partial charge in [-0.2, -0.15) is 0 Å². The van der Waals surface area contributed by atoms with Crippen LogP contribution in [0.25, 0.3) is 0 Å². The number of nitrogens with zero attached hydrogens (tertiary/aromatic N) is 2. The third kappa shape index (κ3) is 23.2. The second kappa shape index (κ2) is 28.3. The molecule has 0 radical (unpaired) electrons. The summed E-state index contributed by atoms with van der Waals surface area (Å²) in [6.45, 7) is 5.50. The van der Waals surface area contributed by atoms with Crippen LogP contribution in [-0.2, 0) is 19.2 Å². The summed E-state index contributed by atoms with van der Waals surface area (Å²) in [7, 11) is 0. The standard InChI is InChI=1S/C34H64N2O8/c1-3-5-7-9-11-13-15-17-19-21-23-35(29(33(41)42)27-31(37)38)25-26-36(30(34(43)44)28-32(39)40)24-22-20-18-16-14-12-10-8-6-4-2/h29-30H,3-28H2,1-2H3,(H,37,38)(H,39,40)(H,41,42)(H,43,44)/t29-,30-/m0/s1. The van der Waals surface area contributed by atoms with E-state index < -0.39 is 48.8 Å². The molecule has 0 aliphatic heterocycles. The van der Waals surface area contributed by atoms with Crippen LogP contribution >= 0.6 is 0 Å². The Morgan fingerprint density at radius 1 is 0.409 bits per heavy atom. The van der Waals surface area contributed by atoms with Gasteiger partial charge in [-0.15, -0.1) is 0 Å². The van der Waals surface area contributed by atoms with Gasteiger partial charge in [-0.1, -0.05) is 129 Å². The van der Waals surface area contributed by atoms with Gasteiger partial charge in [0.2, 0.25) is 0 Å². The summed E-state index contributed by atoms with van der Waals surface area (Å²) in [6.07, 6.45) is 21.3. The molecule has 0 aliphatic rings. The van der Waals surface area contributed by atoms with Crippen LogP contribution in [0.15, 0.2) is 0 Å². The van der Waals surface area contributed by atoms with E-state index in [4.69, 9.17) is 0 Å². The van der Waals surface area contributed by atoms with E-state index in [-0.39, 0.29) is 13.1 Å². The molecule has 0 saturated carbocycles. The average molecular weight is 629 g/mol. The van der Waals surface area contributed by atoms with Gasteiger partial charge in [0.25, 0.3) is 0 Å². The molecule has 0 amide bonds. The van der Waals surface area contributed by atoms with E-state index in [9.17, 15) is 39.6 Å². The summed E-state index contributed by atoms with van der Waals surface area (Å²) in [4.78, 5) is 50.4. The fourth-order valence-electron chi connectivity index (χ4n) is 5.78.